The van der Waals surface area contributed by atoms with Gasteiger partial charge in [0, 0.05) is 22.7 Å². The van der Waals surface area contributed by atoms with Crippen molar-refractivity contribution in [3.63, 3.8) is 0 Å². The van der Waals surface area contributed by atoms with Gasteiger partial charge in [0.1, 0.15) is 0 Å². The molecule has 2 nitrogen and oxygen atoms in total. The second-order valence-electron chi connectivity index (χ2n) is 15.0. The van der Waals surface area contributed by atoms with Crippen LogP contribution in [0.25, 0.3) is 11.1 Å². The predicted molar refractivity (Wildman–Crippen MR) is 226 cm³/mol. The van der Waals surface area contributed by atoms with Gasteiger partial charge in [-0.25, -0.2) is 0 Å². The zero-order valence-electron chi connectivity index (χ0n) is 30.7. The standard InChI is InChI=1S/C52H42N2/c1-36-15-13-21-41(33-36)53(38-17-5-3-6-18-38)40-27-30-46-47-31-28-43(54(39-19-7-4-8-20-39)42-22-14-16-37(2)34-42)35-51(47)52(50(46)32-29-40)48-25-11-9-23-44(48)45-24-10-12-26-49(45)52/h3-34,40,43H,35H2,1-2H3. The largest absolute Gasteiger partial charge is 0.334 e. The summed E-state index contributed by atoms with van der Waals surface area (Å²) in [7, 11) is 0. The fraction of sp³-hybridized carbons (Fsp3) is 0.115. The van der Waals surface area contributed by atoms with Gasteiger partial charge in [-0.05, 0) is 124 Å². The second-order valence-corrected chi connectivity index (χ2v) is 15.0. The molecule has 0 aromatic heterocycles. The molecule has 6 aromatic rings. The zero-order chi connectivity index (χ0) is 36.2. The summed E-state index contributed by atoms with van der Waals surface area (Å²) in [5.41, 5.74) is 17.9. The van der Waals surface area contributed by atoms with Crippen molar-refractivity contribution in [1.29, 1.82) is 0 Å². The number of hydrogen-bond donors (Lipinski definition) is 0. The van der Waals surface area contributed by atoms with E-state index in [9.17, 15) is 0 Å². The number of para-hydroxylation sites is 2. The lowest BCUT2D eigenvalue weighted by molar-refractivity contribution is 0.653. The summed E-state index contributed by atoms with van der Waals surface area (Å²) in [6.07, 6.45) is 15.5. The SMILES string of the molecule is Cc1cccc(N(c2ccccc2)C2C=CC3=C(C=C2)C2(C4=C3C=CC(N(c3ccccc3)c3cccc(C)c3)C4)c3ccccc3-c3ccccc32)c1. The van der Waals surface area contributed by atoms with Crippen molar-refractivity contribution in [2.75, 3.05) is 9.80 Å². The zero-order valence-corrected chi connectivity index (χ0v) is 30.7. The maximum Gasteiger partial charge on any atom is 0.0712 e. The number of anilines is 4. The quantitative estimate of drug-likeness (QED) is 0.171. The molecule has 0 aliphatic heterocycles. The molecule has 0 fully saturated rings. The van der Waals surface area contributed by atoms with Crippen LogP contribution in [0.1, 0.15) is 28.7 Å². The van der Waals surface area contributed by atoms with E-state index in [4.69, 9.17) is 0 Å². The third kappa shape index (κ3) is 5.01. The Hall–Kier alpha value is -6.38. The molecule has 2 heteroatoms. The normalized spacial score (nSPS) is 18.6. The first kappa shape index (κ1) is 32.3. The van der Waals surface area contributed by atoms with E-state index in [-0.39, 0.29) is 12.1 Å². The van der Waals surface area contributed by atoms with Crippen LogP contribution in [-0.2, 0) is 5.41 Å². The topological polar surface area (TPSA) is 6.48 Å². The number of rotatable bonds is 6. The van der Waals surface area contributed by atoms with Crippen LogP contribution < -0.4 is 9.80 Å². The monoisotopic (exact) mass is 694 g/mol. The van der Waals surface area contributed by atoms with Crippen molar-refractivity contribution < 1.29 is 0 Å². The van der Waals surface area contributed by atoms with Crippen molar-refractivity contribution in [2.24, 2.45) is 0 Å². The minimum atomic E-state index is -0.410. The molecule has 2 unspecified atom stereocenters. The molecule has 0 N–H and O–H groups in total. The summed E-state index contributed by atoms with van der Waals surface area (Å²) < 4.78 is 0. The summed E-state index contributed by atoms with van der Waals surface area (Å²) in [6, 6.07) is 58.0. The molecule has 10 rings (SSSR count). The van der Waals surface area contributed by atoms with Crippen molar-refractivity contribution in [3.05, 3.63) is 239 Å². The Morgan fingerprint density at radius 2 is 0.963 bits per heavy atom. The van der Waals surface area contributed by atoms with E-state index in [0.717, 1.165) is 6.42 Å². The van der Waals surface area contributed by atoms with Gasteiger partial charge in [0.05, 0.1) is 17.5 Å². The highest BCUT2D eigenvalue weighted by atomic mass is 15.2. The van der Waals surface area contributed by atoms with Crippen molar-refractivity contribution in [1.82, 2.24) is 0 Å². The van der Waals surface area contributed by atoms with Gasteiger partial charge >= 0.3 is 0 Å². The highest BCUT2D eigenvalue weighted by molar-refractivity contribution is 5.91. The molecule has 1 spiro atoms. The van der Waals surface area contributed by atoms with Gasteiger partial charge in [-0.2, -0.15) is 0 Å². The van der Waals surface area contributed by atoms with Crippen LogP contribution in [0.2, 0.25) is 0 Å². The summed E-state index contributed by atoms with van der Waals surface area (Å²) >= 11 is 0. The van der Waals surface area contributed by atoms with Crippen molar-refractivity contribution >= 4 is 22.7 Å². The van der Waals surface area contributed by atoms with Crippen LogP contribution in [0.15, 0.2) is 216 Å². The van der Waals surface area contributed by atoms with Gasteiger partial charge in [0.25, 0.3) is 0 Å². The van der Waals surface area contributed by atoms with Crippen LogP contribution in [0.3, 0.4) is 0 Å². The molecule has 4 aliphatic rings. The summed E-state index contributed by atoms with van der Waals surface area (Å²) in [5.74, 6) is 0. The third-order valence-electron chi connectivity index (χ3n) is 11.8. The molecule has 6 aromatic carbocycles. The van der Waals surface area contributed by atoms with E-state index in [1.807, 2.05) is 0 Å². The van der Waals surface area contributed by atoms with E-state index in [1.54, 1.807) is 0 Å². The van der Waals surface area contributed by atoms with Crippen molar-refractivity contribution in [3.8, 4) is 11.1 Å². The van der Waals surface area contributed by atoms with Gasteiger partial charge in [0.2, 0.25) is 0 Å². The van der Waals surface area contributed by atoms with E-state index in [0.29, 0.717) is 0 Å². The van der Waals surface area contributed by atoms with E-state index >= 15 is 0 Å². The number of benzene rings is 6. The highest BCUT2D eigenvalue weighted by Crippen LogP contribution is 2.64. The molecule has 0 bridgehead atoms. The Kier molecular flexibility index (Phi) is 7.73. The van der Waals surface area contributed by atoms with Crippen LogP contribution in [0, 0.1) is 13.8 Å². The van der Waals surface area contributed by atoms with Gasteiger partial charge in [-0.1, -0.05) is 146 Å². The molecule has 0 heterocycles. The van der Waals surface area contributed by atoms with Gasteiger partial charge in [0.15, 0.2) is 0 Å². The second kappa shape index (κ2) is 12.9. The van der Waals surface area contributed by atoms with E-state index < -0.39 is 5.41 Å². The molecular weight excluding hydrogens is 653 g/mol. The fourth-order valence-electron chi connectivity index (χ4n) is 9.62. The average Bonchev–Trinajstić information content (AvgIpc) is 3.54. The first-order valence-corrected chi connectivity index (χ1v) is 19.2. The molecule has 0 amide bonds. The van der Waals surface area contributed by atoms with Gasteiger partial charge in [-0.3, -0.25) is 0 Å². The Morgan fingerprint density at radius 1 is 0.463 bits per heavy atom. The minimum Gasteiger partial charge on any atom is -0.334 e. The predicted octanol–water partition coefficient (Wildman–Crippen LogP) is 12.7. The van der Waals surface area contributed by atoms with Crippen LogP contribution >= 0.6 is 0 Å². The molecule has 4 aliphatic carbocycles. The maximum atomic E-state index is 2.54. The minimum absolute atomic E-state index is 0.0167. The molecule has 54 heavy (non-hydrogen) atoms. The maximum absolute atomic E-state index is 2.54. The number of hydrogen-bond acceptors (Lipinski definition) is 2. The van der Waals surface area contributed by atoms with E-state index in [1.165, 1.54) is 78.4 Å². The first-order valence-electron chi connectivity index (χ1n) is 19.2. The average molecular weight is 695 g/mol. The van der Waals surface area contributed by atoms with Crippen molar-refractivity contribution in [2.45, 2.75) is 37.8 Å². The number of aryl methyl sites for hydroxylation is 2. The Morgan fingerprint density at radius 3 is 1.57 bits per heavy atom. The molecule has 0 saturated heterocycles. The van der Waals surface area contributed by atoms with Crippen LogP contribution in [0.5, 0.6) is 0 Å². The van der Waals surface area contributed by atoms with Crippen LogP contribution in [-0.4, -0.2) is 12.1 Å². The smallest absolute Gasteiger partial charge is 0.0712 e. The Labute approximate surface area is 319 Å². The number of fused-ring (bicyclic) bond motifs is 8. The lowest BCUT2D eigenvalue weighted by Gasteiger charge is -2.40. The number of allylic oxidation sites excluding steroid dienone is 6. The molecule has 0 saturated carbocycles. The molecule has 0 radical (unpaired) electrons. The molecule has 260 valence electrons. The molecule has 2 atom stereocenters. The first-order chi connectivity index (χ1) is 26.6. The summed E-state index contributed by atoms with van der Waals surface area (Å²) in [5, 5.41) is 0. The lowest BCUT2D eigenvalue weighted by atomic mass is 9.66. The van der Waals surface area contributed by atoms with E-state index in [2.05, 4.69) is 218 Å². The summed E-state index contributed by atoms with van der Waals surface area (Å²) in [6.45, 7) is 4.36. The van der Waals surface area contributed by atoms with Gasteiger partial charge in [-0.15, -0.1) is 0 Å². The van der Waals surface area contributed by atoms with Crippen LogP contribution in [0.4, 0.5) is 22.7 Å². The Balaban J connectivity index is 1.16. The highest BCUT2D eigenvalue weighted by Gasteiger charge is 2.54. The lowest BCUT2D eigenvalue weighted by Crippen LogP contribution is -2.36. The third-order valence-corrected chi connectivity index (χ3v) is 11.8. The fourth-order valence-corrected chi connectivity index (χ4v) is 9.62. The Bertz CT molecular complexity index is 2520. The molecular formula is C52H42N2. The summed E-state index contributed by atoms with van der Waals surface area (Å²) in [4.78, 5) is 5.01. The number of nitrogens with zero attached hydrogens (tertiary/aromatic N) is 2. The van der Waals surface area contributed by atoms with Gasteiger partial charge < -0.3 is 9.80 Å².